The summed E-state index contributed by atoms with van der Waals surface area (Å²) >= 11 is 0. The highest BCUT2D eigenvalue weighted by atomic mass is 16.5. The molecule has 6 fully saturated rings. The van der Waals surface area contributed by atoms with Crippen molar-refractivity contribution < 1.29 is 4.74 Å². The Balaban J connectivity index is 0.884. The minimum absolute atomic E-state index is 0.226. The normalized spacial score (nSPS) is 45.8. The first-order valence-electron chi connectivity index (χ1n) is 27.7. The van der Waals surface area contributed by atoms with Crippen molar-refractivity contribution in [3.05, 3.63) is 23.3 Å². The zero-order valence-electron chi connectivity index (χ0n) is 43.2. The van der Waals surface area contributed by atoms with Gasteiger partial charge < -0.3 is 4.74 Å². The Morgan fingerprint density at radius 3 is 1.25 bits per heavy atom. The average Bonchev–Trinajstić information content (AvgIpc) is 3.73. The fraction of sp³-hybridized carbons (Fsp3) is 0.933. The van der Waals surface area contributed by atoms with Gasteiger partial charge in [0.25, 0.3) is 0 Å². The molecule has 0 aromatic heterocycles. The first-order valence-corrected chi connectivity index (χ1v) is 27.7. The molecule has 0 radical (unpaired) electrons. The summed E-state index contributed by atoms with van der Waals surface area (Å²) in [6, 6.07) is 0. The van der Waals surface area contributed by atoms with Crippen molar-refractivity contribution in [1.82, 2.24) is 0 Å². The van der Waals surface area contributed by atoms with E-state index in [0.29, 0.717) is 33.5 Å². The molecule has 8 aliphatic carbocycles. The van der Waals surface area contributed by atoms with Crippen molar-refractivity contribution >= 4 is 0 Å². The van der Waals surface area contributed by atoms with E-state index in [1.54, 1.807) is 0 Å². The fourth-order valence-corrected chi connectivity index (χ4v) is 19.9. The van der Waals surface area contributed by atoms with Crippen LogP contribution in [-0.2, 0) is 4.74 Å². The summed E-state index contributed by atoms with van der Waals surface area (Å²) in [5.41, 5.74) is 6.05. The molecule has 0 aliphatic heterocycles. The first kappa shape index (κ1) is 47.0. The highest BCUT2D eigenvalue weighted by Crippen LogP contribution is 2.71. The van der Waals surface area contributed by atoms with Gasteiger partial charge in [0, 0.05) is 0 Å². The van der Waals surface area contributed by atoms with Crippen LogP contribution in [0.3, 0.4) is 0 Å². The summed E-state index contributed by atoms with van der Waals surface area (Å²) < 4.78 is 7.06. The molecule has 0 spiro atoms. The number of ether oxygens (including phenoxy) is 1. The molecule has 16 atom stereocenters. The minimum atomic E-state index is 0.226. The monoisotopic (exact) mass is 839 g/mol. The van der Waals surface area contributed by atoms with Gasteiger partial charge in [0.1, 0.15) is 0 Å². The molecule has 0 bridgehead atoms. The van der Waals surface area contributed by atoms with Gasteiger partial charge in [0.2, 0.25) is 0 Å². The van der Waals surface area contributed by atoms with E-state index in [1.807, 2.05) is 11.1 Å². The number of hydrogen-bond acceptors (Lipinski definition) is 1. The second-order valence-corrected chi connectivity index (χ2v) is 27.8. The lowest BCUT2D eigenvalue weighted by molar-refractivity contribution is -0.0831. The molecule has 0 saturated heterocycles. The maximum Gasteiger partial charge on any atom is 0.0502 e. The van der Waals surface area contributed by atoms with E-state index in [2.05, 4.69) is 109 Å². The maximum absolute atomic E-state index is 7.06. The Kier molecular flexibility index (Phi) is 13.3. The van der Waals surface area contributed by atoms with Gasteiger partial charge in [-0.2, -0.15) is 0 Å². The SMILES string of the molecule is CC(C)CCC[C@@H](C)[C@H]1CC[C@H]2[C@@H]3CC=C4C(C)(C)[C@@H](COC[C@H]5CC[C@@]6(C)C(=CC[C@H]7[C@@H]8CC[C@H]([C@H](C)CCCC(C)C)[C@@]8(C)CC[C@@H]76)C5(C)C)CC[C@]4(C)[C@H]3CC[C@]12C. The van der Waals surface area contributed by atoms with Crippen LogP contribution in [0.2, 0.25) is 0 Å². The summed E-state index contributed by atoms with van der Waals surface area (Å²) in [7, 11) is 0. The molecule has 1 heteroatoms. The van der Waals surface area contributed by atoms with Gasteiger partial charge >= 0.3 is 0 Å². The van der Waals surface area contributed by atoms with Gasteiger partial charge in [-0.15, -0.1) is 0 Å². The third kappa shape index (κ3) is 7.91. The zero-order chi connectivity index (χ0) is 43.9. The molecule has 8 rings (SSSR count). The van der Waals surface area contributed by atoms with Crippen LogP contribution >= 0.6 is 0 Å². The molecule has 8 aliphatic rings. The Bertz CT molecular complexity index is 1480. The van der Waals surface area contributed by atoms with Crippen LogP contribution in [0.1, 0.15) is 225 Å². The quantitative estimate of drug-likeness (QED) is 0.158. The molecule has 348 valence electrons. The largest absolute Gasteiger partial charge is 0.381 e. The Labute approximate surface area is 380 Å². The van der Waals surface area contributed by atoms with Crippen LogP contribution in [0.25, 0.3) is 0 Å². The number of fused-ring (bicyclic) bond motifs is 10. The second kappa shape index (κ2) is 17.3. The lowest BCUT2D eigenvalue weighted by atomic mass is 9.43. The topological polar surface area (TPSA) is 9.23 Å². The molecule has 0 unspecified atom stereocenters. The lowest BCUT2D eigenvalue weighted by Gasteiger charge is -2.62. The standard InChI is InChI=1S/C60H102O/c1-39(2)17-15-19-41(5)47-23-25-49-45-21-27-53-55(7,8)43(29-33-59(53,13)51(45)31-35-57(47,49)11)37-61-38-44-30-34-60(14)52-32-36-58(12)48(42(6)20-16-18-40(3)4)24-26-50(58)46(52)22-28-54(60)56(44,9)10/h27-28,39-52H,15-26,29-38H2,1-14H3/t41-,42-,43-,44-,45+,46+,47-,48-,49+,50+,51+,52+,57-,58-,59-,60-/m1/s1. The molecular weight excluding hydrogens is 737 g/mol. The van der Waals surface area contributed by atoms with E-state index in [0.717, 1.165) is 84.2 Å². The number of hydrogen-bond donors (Lipinski definition) is 0. The van der Waals surface area contributed by atoms with Gasteiger partial charge in [-0.25, -0.2) is 0 Å². The van der Waals surface area contributed by atoms with Crippen molar-refractivity contribution in [2.24, 2.45) is 115 Å². The highest BCUT2D eigenvalue weighted by molar-refractivity contribution is 5.32. The van der Waals surface area contributed by atoms with E-state index in [-0.39, 0.29) is 10.8 Å². The smallest absolute Gasteiger partial charge is 0.0502 e. The van der Waals surface area contributed by atoms with Crippen LogP contribution < -0.4 is 0 Å². The molecule has 1 nitrogen and oxygen atoms in total. The molecule has 6 saturated carbocycles. The molecule has 0 amide bonds. The van der Waals surface area contributed by atoms with E-state index in [4.69, 9.17) is 4.74 Å². The second-order valence-electron chi connectivity index (χ2n) is 27.8. The van der Waals surface area contributed by atoms with Crippen molar-refractivity contribution in [2.75, 3.05) is 13.2 Å². The third-order valence-corrected chi connectivity index (χ3v) is 23.4. The van der Waals surface area contributed by atoms with Crippen molar-refractivity contribution in [1.29, 1.82) is 0 Å². The molecule has 61 heavy (non-hydrogen) atoms. The Hall–Kier alpha value is -0.560. The number of allylic oxidation sites excluding steroid dienone is 4. The molecule has 0 aromatic rings. The van der Waals surface area contributed by atoms with Crippen LogP contribution in [0.15, 0.2) is 23.3 Å². The molecular formula is C60H102O. The van der Waals surface area contributed by atoms with Crippen molar-refractivity contribution in [2.45, 2.75) is 225 Å². The van der Waals surface area contributed by atoms with E-state index >= 15 is 0 Å². The molecule has 0 N–H and O–H groups in total. The van der Waals surface area contributed by atoms with Gasteiger partial charge in [-0.3, -0.25) is 0 Å². The summed E-state index contributed by atoms with van der Waals surface area (Å²) in [5.74, 6) is 12.1. The lowest BCUT2D eigenvalue weighted by Crippen LogP contribution is -2.54. The summed E-state index contributed by atoms with van der Waals surface area (Å²) in [6.07, 6.45) is 34.4. The predicted molar refractivity (Wildman–Crippen MR) is 262 cm³/mol. The Morgan fingerprint density at radius 2 is 0.869 bits per heavy atom. The van der Waals surface area contributed by atoms with Crippen molar-refractivity contribution in [3.8, 4) is 0 Å². The zero-order valence-corrected chi connectivity index (χ0v) is 43.2. The van der Waals surface area contributed by atoms with Gasteiger partial charge in [0.05, 0.1) is 13.2 Å². The van der Waals surface area contributed by atoms with Gasteiger partial charge in [-0.1, -0.05) is 159 Å². The van der Waals surface area contributed by atoms with Crippen LogP contribution in [0.5, 0.6) is 0 Å². The predicted octanol–water partition coefficient (Wildman–Crippen LogP) is 17.6. The molecule has 0 aromatic carbocycles. The summed E-state index contributed by atoms with van der Waals surface area (Å²) in [5, 5.41) is 0. The third-order valence-electron chi connectivity index (χ3n) is 23.4. The number of rotatable bonds is 14. The average molecular weight is 839 g/mol. The van der Waals surface area contributed by atoms with Crippen LogP contribution in [0, 0.1) is 115 Å². The van der Waals surface area contributed by atoms with Crippen molar-refractivity contribution in [3.63, 3.8) is 0 Å². The summed E-state index contributed by atoms with van der Waals surface area (Å²) in [4.78, 5) is 0. The maximum atomic E-state index is 7.06. The minimum Gasteiger partial charge on any atom is -0.381 e. The van der Waals surface area contributed by atoms with E-state index in [1.165, 1.54) is 128 Å². The van der Waals surface area contributed by atoms with Crippen LogP contribution in [-0.4, -0.2) is 13.2 Å². The Morgan fingerprint density at radius 1 is 0.475 bits per heavy atom. The summed E-state index contributed by atoms with van der Waals surface area (Å²) in [6.45, 7) is 38.4. The van der Waals surface area contributed by atoms with Crippen LogP contribution in [0.4, 0.5) is 0 Å². The first-order chi connectivity index (χ1) is 28.7. The van der Waals surface area contributed by atoms with E-state index in [9.17, 15) is 0 Å². The molecule has 0 heterocycles. The van der Waals surface area contributed by atoms with E-state index < -0.39 is 0 Å². The fourth-order valence-electron chi connectivity index (χ4n) is 19.9. The van der Waals surface area contributed by atoms with Gasteiger partial charge in [0.15, 0.2) is 0 Å². The van der Waals surface area contributed by atoms with Gasteiger partial charge in [-0.05, 0) is 205 Å². The highest BCUT2D eigenvalue weighted by Gasteiger charge is 2.63.